The van der Waals surface area contributed by atoms with Crippen LogP contribution in [0.3, 0.4) is 0 Å². The number of halogens is 2. The van der Waals surface area contributed by atoms with Gasteiger partial charge in [0.05, 0.1) is 24.6 Å². The van der Waals surface area contributed by atoms with E-state index in [1.807, 2.05) is 6.92 Å². The Kier molecular flexibility index (Phi) is 6.82. The number of hydrogen-bond donors (Lipinski definition) is 0. The standard InChI is InChI=1S/C26H20Cl2O6/c1-14-4-7-18-22(10-14)34-25(15-5-9-21(31-2)23(11-15)32-3)26(24(18)30)33-13-20(29)17-8-6-16(27)12-19(17)28/h4-12H,13H2,1-3H3. The molecule has 0 atom stereocenters. The molecule has 0 saturated heterocycles. The minimum Gasteiger partial charge on any atom is -0.493 e. The van der Waals surface area contributed by atoms with E-state index in [0.717, 1.165) is 5.56 Å². The van der Waals surface area contributed by atoms with Crippen LogP contribution < -0.4 is 19.6 Å². The van der Waals surface area contributed by atoms with Crippen molar-refractivity contribution in [3.63, 3.8) is 0 Å². The van der Waals surface area contributed by atoms with Crippen LogP contribution >= 0.6 is 23.2 Å². The second-order valence-corrected chi connectivity index (χ2v) is 8.34. The molecular formula is C26H20Cl2O6. The lowest BCUT2D eigenvalue weighted by Gasteiger charge is -2.14. The molecule has 6 nitrogen and oxygen atoms in total. The van der Waals surface area contributed by atoms with E-state index in [0.29, 0.717) is 33.1 Å². The summed E-state index contributed by atoms with van der Waals surface area (Å²) in [5, 5.41) is 0.938. The highest BCUT2D eigenvalue weighted by atomic mass is 35.5. The summed E-state index contributed by atoms with van der Waals surface area (Å²) in [5.74, 6) is 0.617. The Bertz CT molecular complexity index is 1460. The highest BCUT2D eigenvalue weighted by Crippen LogP contribution is 2.37. The number of ketones is 1. The molecule has 0 saturated carbocycles. The SMILES string of the molecule is COc1ccc(-c2oc3cc(C)ccc3c(=O)c2OCC(=O)c2ccc(Cl)cc2Cl)cc1OC. The maximum Gasteiger partial charge on any atom is 0.235 e. The molecule has 0 aliphatic rings. The topological polar surface area (TPSA) is 75.0 Å². The number of benzene rings is 3. The number of carbonyl (C=O) groups excluding carboxylic acids is 1. The molecule has 34 heavy (non-hydrogen) atoms. The van der Waals surface area contributed by atoms with Gasteiger partial charge in [-0.25, -0.2) is 0 Å². The van der Waals surface area contributed by atoms with Crippen LogP contribution in [0.15, 0.2) is 63.8 Å². The lowest BCUT2D eigenvalue weighted by Crippen LogP contribution is -2.17. The van der Waals surface area contributed by atoms with Crippen molar-refractivity contribution in [2.75, 3.05) is 20.8 Å². The van der Waals surface area contributed by atoms with E-state index >= 15 is 0 Å². The van der Waals surface area contributed by atoms with Gasteiger partial charge in [-0.1, -0.05) is 29.3 Å². The lowest BCUT2D eigenvalue weighted by atomic mass is 10.1. The van der Waals surface area contributed by atoms with E-state index in [1.54, 1.807) is 42.5 Å². The smallest absolute Gasteiger partial charge is 0.235 e. The van der Waals surface area contributed by atoms with Crippen LogP contribution in [0.4, 0.5) is 0 Å². The number of methoxy groups -OCH3 is 2. The molecule has 0 amide bonds. The maximum absolute atomic E-state index is 13.4. The molecule has 0 aliphatic carbocycles. The van der Waals surface area contributed by atoms with E-state index in [9.17, 15) is 9.59 Å². The lowest BCUT2D eigenvalue weighted by molar-refractivity contribution is 0.0920. The Morgan fingerprint density at radius 3 is 2.41 bits per heavy atom. The molecule has 0 aliphatic heterocycles. The summed E-state index contributed by atoms with van der Waals surface area (Å²) in [5.41, 5.74) is 1.68. The molecule has 0 spiro atoms. The first-order chi connectivity index (χ1) is 16.3. The second-order valence-electron chi connectivity index (χ2n) is 7.49. The third kappa shape index (κ3) is 4.60. The van der Waals surface area contributed by atoms with Crippen LogP contribution in [0.2, 0.25) is 10.0 Å². The Balaban J connectivity index is 1.81. The Labute approximate surface area is 205 Å². The molecule has 1 heterocycles. The molecule has 0 N–H and O–H groups in total. The number of fused-ring (bicyclic) bond motifs is 1. The minimum atomic E-state index is -0.427. The molecule has 174 valence electrons. The summed E-state index contributed by atoms with van der Waals surface area (Å²) >= 11 is 12.1. The average molecular weight is 499 g/mol. The number of Topliss-reactive ketones (excluding diaryl/α,β-unsaturated/α-hetero) is 1. The summed E-state index contributed by atoms with van der Waals surface area (Å²) in [6.07, 6.45) is 0. The molecular weight excluding hydrogens is 479 g/mol. The second kappa shape index (κ2) is 9.79. The van der Waals surface area contributed by atoms with Gasteiger partial charge in [0.2, 0.25) is 17.0 Å². The summed E-state index contributed by atoms with van der Waals surface area (Å²) in [7, 11) is 3.03. The third-order valence-corrected chi connectivity index (χ3v) is 5.78. The predicted octanol–water partition coefficient (Wildman–Crippen LogP) is 6.35. The molecule has 0 fully saturated rings. The van der Waals surface area contributed by atoms with Gasteiger partial charge in [0.25, 0.3) is 0 Å². The van der Waals surface area contributed by atoms with Crippen molar-refractivity contribution in [3.05, 3.63) is 86.0 Å². The van der Waals surface area contributed by atoms with Gasteiger partial charge in [-0.2, -0.15) is 0 Å². The summed E-state index contributed by atoms with van der Waals surface area (Å²) in [4.78, 5) is 26.2. The monoisotopic (exact) mass is 498 g/mol. The van der Waals surface area contributed by atoms with E-state index in [2.05, 4.69) is 0 Å². The first-order valence-electron chi connectivity index (χ1n) is 10.2. The van der Waals surface area contributed by atoms with Crippen molar-refractivity contribution in [1.29, 1.82) is 0 Å². The van der Waals surface area contributed by atoms with Gasteiger partial charge >= 0.3 is 0 Å². The first kappa shape index (κ1) is 23.7. The molecule has 8 heteroatoms. The maximum atomic E-state index is 13.4. The largest absolute Gasteiger partial charge is 0.493 e. The molecule has 3 aromatic carbocycles. The summed E-state index contributed by atoms with van der Waals surface area (Å²) < 4.78 is 22.6. The quantitative estimate of drug-likeness (QED) is 0.276. The fourth-order valence-corrected chi connectivity index (χ4v) is 4.03. The molecule has 4 aromatic rings. The van der Waals surface area contributed by atoms with Crippen molar-refractivity contribution < 1.29 is 23.4 Å². The van der Waals surface area contributed by atoms with Gasteiger partial charge < -0.3 is 18.6 Å². The average Bonchev–Trinajstić information content (AvgIpc) is 2.82. The number of hydrogen-bond acceptors (Lipinski definition) is 6. The summed E-state index contributed by atoms with van der Waals surface area (Å²) in [6, 6.07) is 14.9. The van der Waals surface area contributed by atoms with Crippen molar-refractivity contribution in [3.8, 4) is 28.6 Å². The van der Waals surface area contributed by atoms with Crippen molar-refractivity contribution in [2.24, 2.45) is 0 Å². The number of aryl methyl sites for hydroxylation is 1. The van der Waals surface area contributed by atoms with Gasteiger partial charge in [0.1, 0.15) is 5.58 Å². The van der Waals surface area contributed by atoms with Crippen molar-refractivity contribution in [2.45, 2.75) is 6.92 Å². The van der Waals surface area contributed by atoms with E-state index in [-0.39, 0.29) is 22.1 Å². The van der Waals surface area contributed by atoms with E-state index < -0.39 is 17.8 Å². The molecule has 4 rings (SSSR count). The van der Waals surface area contributed by atoms with Gasteiger partial charge in [0.15, 0.2) is 23.9 Å². The zero-order valence-electron chi connectivity index (χ0n) is 18.6. The first-order valence-corrected chi connectivity index (χ1v) is 11.0. The highest BCUT2D eigenvalue weighted by molar-refractivity contribution is 6.36. The van der Waals surface area contributed by atoms with Crippen LogP contribution in [0.5, 0.6) is 17.2 Å². The molecule has 0 unspecified atom stereocenters. The molecule has 0 bridgehead atoms. The normalized spacial score (nSPS) is 10.9. The van der Waals surface area contributed by atoms with E-state index in [1.165, 1.54) is 26.4 Å². The highest BCUT2D eigenvalue weighted by Gasteiger charge is 2.21. The van der Waals surface area contributed by atoms with Gasteiger partial charge in [-0.05, 0) is 61.0 Å². The van der Waals surface area contributed by atoms with Crippen molar-refractivity contribution >= 4 is 40.0 Å². The zero-order valence-corrected chi connectivity index (χ0v) is 20.1. The zero-order chi connectivity index (χ0) is 24.4. The predicted molar refractivity (Wildman–Crippen MR) is 132 cm³/mol. The van der Waals surface area contributed by atoms with Crippen molar-refractivity contribution in [1.82, 2.24) is 0 Å². The van der Waals surface area contributed by atoms with Crippen LogP contribution in [0.25, 0.3) is 22.3 Å². The van der Waals surface area contributed by atoms with Gasteiger partial charge in [-0.15, -0.1) is 0 Å². The van der Waals surface area contributed by atoms with Gasteiger partial charge in [0, 0.05) is 16.1 Å². The third-order valence-electron chi connectivity index (χ3n) is 5.23. The Hall–Kier alpha value is -3.48. The van der Waals surface area contributed by atoms with Crippen LogP contribution in [-0.4, -0.2) is 26.6 Å². The summed E-state index contributed by atoms with van der Waals surface area (Å²) in [6.45, 7) is 1.47. The Morgan fingerprint density at radius 2 is 1.71 bits per heavy atom. The minimum absolute atomic E-state index is 0.0954. The van der Waals surface area contributed by atoms with Crippen LogP contribution in [-0.2, 0) is 0 Å². The van der Waals surface area contributed by atoms with Gasteiger partial charge in [-0.3, -0.25) is 9.59 Å². The van der Waals surface area contributed by atoms with Crippen LogP contribution in [0.1, 0.15) is 15.9 Å². The number of rotatable bonds is 7. The number of ether oxygens (including phenoxy) is 3. The van der Waals surface area contributed by atoms with E-state index in [4.69, 9.17) is 41.8 Å². The van der Waals surface area contributed by atoms with Crippen LogP contribution in [0, 0.1) is 6.92 Å². The number of carbonyl (C=O) groups is 1. The Morgan fingerprint density at radius 1 is 0.941 bits per heavy atom. The fraction of sp³-hybridized carbons (Fsp3) is 0.154. The molecule has 0 radical (unpaired) electrons. The molecule has 1 aromatic heterocycles. The fourth-order valence-electron chi connectivity index (χ4n) is 3.51.